The van der Waals surface area contributed by atoms with Crippen molar-refractivity contribution in [3.8, 4) is 0 Å². The van der Waals surface area contributed by atoms with E-state index in [1.807, 2.05) is 0 Å². The van der Waals surface area contributed by atoms with E-state index in [-0.39, 0.29) is 18.1 Å². The summed E-state index contributed by atoms with van der Waals surface area (Å²) in [6.45, 7) is 8.84. The smallest absolute Gasteiger partial charge is 0.322 e. The maximum absolute atomic E-state index is 11.7. The number of aliphatic hydroxyl groups is 1. The van der Waals surface area contributed by atoms with Gasteiger partial charge in [0, 0.05) is 18.5 Å². The number of carboxylic acid groups (broad SMARTS) is 1. The van der Waals surface area contributed by atoms with Gasteiger partial charge >= 0.3 is 5.97 Å². The zero-order chi connectivity index (χ0) is 26.3. The van der Waals surface area contributed by atoms with Crippen molar-refractivity contribution in [3.63, 3.8) is 0 Å². The molecule has 7 nitrogen and oxygen atoms in total. The highest BCUT2D eigenvalue weighted by atomic mass is 16.4. The standard InChI is InChI=1S/C28H50N2O5/c1-23(30-26(25(3)32)20-21-27(33)29-22-28(34)35)18-16-14-12-10-8-6-4-5-7-9-11-13-15-17-19-24(2)31/h26,30,32H,1,3-22H2,2H3,(H,29,33)(H,34,35)/t26-/m0/s1. The van der Waals surface area contributed by atoms with E-state index >= 15 is 0 Å². The topological polar surface area (TPSA) is 116 Å². The number of amides is 1. The van der Waals surface area contributed by atoms with Gasteiger partial charge in [-0.15, -0.1) is 0 Å². The molecule has 35 heavy (non-hydrogen) atoms. The molecule has 1 amide bonds. The van der Waals surface area contributed by atoms with Crippen LogP contribution in [-0.4, -0.2) is 40.5 Å². The molecule has 0 spiro atoms. The lowest BCUT2D eigenvalue weighted by Crippen LogP contribution is -2.33. The van der Waals surface area contributed by atoms with Gasteiger partial charge in [-0.3, -0.25) is 9.59 Å². The summed E-state index contributed by atoms with van der Waals surface area (Å²) in [5.74, 6) is -1.21. The van der Waals surface area contributed by atoms with E-state index in [9.17, 15) is 19.5 Å². The Kier molecular flexibility index (Phi) is 20.7. The van der Waals surface area contributed by atoms with E-state index in [1.54, 1.807) is 6.92 Å². The number of hydrogen-bond donors (Lipinski definition) is 4. The van der Waals surface area contributed by atoms with E-state index in [2.05, 4.69) is 23.8 Å². The van der Waals surface area contributed by atoms with Gasteiger partial charge in [0.05, 0.1) is 6.04 Å². The van der Waals surface area contributed by atoms with Crippen molar-refractivity contribution < 1.29 is 24.6 Å². The molecule has 0 aliphatic carbocycles. The number of unbranched alkanes of at least 4 members (excludes halogenated alkanes) is 13. The number of ketones is 1. The molecule has 1 atom stereocenters. The summed E-state index contributed by atoms with van der Waals surface area (Å²) < 4.78 is 0. The predicted molar refractivity (Wildman–Crippen MR) is 142 cm³/mol. The fourth-order valence-corrected chi connectivity index (χ4v) is 4.01. The number of rotatable bonds is 25. The van der Waals surface area contributed by atoms with E-state index in [0.29, 0.717) is 12.2 Å². The molecule has 0 aliphatic rings. The highest BCUT2D eigenvalue weighted by molar-refractivity contribution is 5.81. The Hall–Kier alpha value is -2.31. The molecular weight excluding hydrogens is 444 g/mol. The van der Waals surface area contributed by atoms with Gasteiger partial charge in [0.1, 0.15) is 18.1 Å². The Bertz CT molecular complexity index is 633. The molecule has 0 unspecified atom stereocenters. The van der Waals surface area contributed by atoms with E-state index in [0.717, 1.165) is 37.8 Å². The molecule has 202 valence electrons. The largest absolute Gasteiger partial charge is 0.511 e. The van der Waals surface area contributed by atoms with Crippen LogP contribution in [0.15, 0.2) is 24.6 Å². The number of carboxylic acids is 1. The lowest BCUT2D eigenvalue weighted by atomic mass is 10.0. The predicted octanol–water partition coefficient (Wildman–Crippen LogP) is 6.34. The van der Waals surface area contributed by atoms with Gasteiger partial charge in [-0.1, -0.05) is 90.2 Å². The molecule has 0 aromatic heterocycles. The van der Waals surface area contributed by atoms with Crippen molar-refractivity contribution in [2.24, 2.45) is 0 Å². The van der Waals surface area contributed by atoms with Crippen LogP contribution in [0, 0.1) is 0 Å². The monoisotopic (exact) mass is 494 g/mol. The van der Waals surface area contributed by atoms with E-state index < -0.39 is 18.6 Å². The molecule has 0 aromatic carbocycles. The van der Waals surface area contributed by atoms with Gasteiger partial charge < -0.3 is 25.6 Å². The molecule has 0 saturated heterocycles. The first-order valence-electron chi connectivity index (χ1n) is 13.5. The lowest BCUT2D eigenvalue weighted by molar-refractivity contribution is -0.138. The van der Waals surface area contributed by atoms with Gasteiger partial charge in [-0.2, -0.15) is 0 Å². The summed E-state index contributed by atoms with van der Waals surface area (Å²) in [5.41, 5.74) is 0.815. The van der Waals surface area contributed by atoms with Crippen LogP contribution >= 0.6 is 0 Å². The summed E-state index contributed by atoms with van der Waals surface area (Å²) >= 11 is 0. The molecule has 0 aliphatic heterocycles. The van der Waals surface area contributed by atoms with Crippen LogP contribution in [0.2, 0.25) is 0 Å². The third-order valence-electron chi connectivity index (χ3n) is 6.13. The highest BCUT2D eigenvalue weighted by Gasteiger charge is 2.15. The van der Waals surface area contributed by atoms with Crippen LogP contribution in [-0.2, 0) is 14.4 Å². The van der Waals surface area contributed by atoms with E-state index in [1.165, 1.54) is 70.6 Å². The second kappa shape index (κ2) is 22.2. The number of hydrogen-bond acceptors (Lipinski definition) is 5. The Morgan fingerprint density at radius 2 is 1.11 bits per heavy atom. The molecule has 0 heterocycles. The summed E-state index contributed by atoms with van der Waals surface area (Å²) in [6, 6.07) is -0.468. The normalized spacial score (nSPS) is 11.6. The van der Waals surface area contributed by atoms with Crippen molar-refractivity contribution in [1.29, 1.82) is 0 Å². The number of nitrogens with one attached hydrogen (secondary N) is 2. The van der Waals surface area contributed by atoms with Crippen molar-refractivity contribution in [1.82, 2.24) is 10.6 Å². The molecular formula is C28H50N2O5. The Morgan fingerprint density at radius 1 is 0.686 bits per heavy atom. The maximum Gasteiger partial charge on any atom is 0.322 e. The second-order valence-electron chi connectivity index (χ2n) is 9.65. The molecule has 0 aromatic rings. The van der Waals surface area contributed by atoms with Crippen molar-refractivity contribution >= 4 is 17.7 Å². The summed E-state index contributed by atoms with van der Waals surface area (Å²) in [6.07, 6.45) is 19.3. The first-order valence-corrected chi connectivity index (χ1v) is 13.5. The van der Waals surface area contributed by atoms with Gasteiger partial charge in [0.2, 0.25) is 5.91 Å². The third-order valence-corrected chi connectivity index (χ3v) is 6.13. The number of carbonyl (C=O) groups excluding carboxylic acids is 2. The van der Waals surface area contributed by atoms with Crippen LogP contribution in [0.1, 0.15) is 122 Å². The van der Waals surface area contributed by atoms with Crippen LogP contribution < -0.4 is 10.6 Å². The molecule has 0 fully saturated rings. The molecule has 0 rings (SSSR count). The zero-order valence-electron chi connectivity index (χ0n) is 22.0. The fourth-order valence-electron chi connectivity index (χ4n) is 4.01. The number of carbonyl (C=O) groups is 3. The summed E-state index contributed by atoms with van der Waals surface area (Å²) in [7, 11) is 0. The average molecular weight is 495 g/mol. The average Bonchev–Trinajstić information content (AvgIpc) is 2.79. The van der Waals surface area contributed by atoms with E-state index in [4.69, 9.17) is 5.11 Å². The fraction of sp³-hybridized carbons (Fsp3) is 0.750. The minimum Gasteiger partial charge on any atom is -0.511 e. The van der Waals surface area contributed by atoms with Crippen LogP contribution in [0.4, 0.5) is 0 Å². The Balaban J connectivity index is 3.60. The summed E-state index contributed by atoms with van der Waals surface area (Å²) in [5, 5.41) is 23.8. The second-order valence-corrected chi connectivity index (χ2v) is 9.65. The molecule has 0 radical (unpaired) electrons. The van der Waals surface area contributed by atoms with Crippen LogP contribution in [0.5, 0.6) is 0 Å². The van der Waals surface area contributed by atoms with Gasteiger partial charge in [0.25, 0.3) is 0 Å². The van der Waals surface area contributed by atoms with Gasteiger partial charge in [-0.25, -0.2) is 0 Å². The molecule has 7 heteroatoms. The molecule has 0 saturated carbocycles. The van der Waals surface area contributed by atoms with Crippen LogP contribution in [0.25, 0.3) is 0 Å². The number of allylic oxidation sites excluding steroid dienone is 1. The minimum atomic E-state index is -1.09. The number of Topliss-reactive ketones (excluding diaryl/α,β-unsaturated/α-hetero) is 1. The van der Waals surface area contributed by atoms with Crippen molar-refractivity contribution in [2.45, 2.75) is 129 Å². The van der Waals surface area contributed by atoms with Gasteiger partial charge in [-0.05, 0) is 32.6 Å². The summed E-state index contributed by atoms with van der Waals surface area (Å²) in [4.78, 5) is 33.0. The first kappa shape index (κ1) is 32.7. The SMILES string of the molecule is C=C(CCCCCCCCCCCCCCCCC(C)=O)N[C@@H](CCC(=O)NCC(=O)O)C(=C)O. The van der Waals surface area contributed by atoms with Crippen LogP contribution in [0.3, 0.4) is 0 Å². The quantitative estimate of drug-likeness (QED) is 0.0869. The number of aliphatic hydroxyl groups excluding tert-OH is 1. The maximum atomic E-state index is 11.7. The third kappa shape index (κ3) is 23.2. The van der Waals surface area contributed by atoms with Crippen molar-refractivity contribution in [2.75, 3.05) is 6.54 Å². The lowest BCUT2D eigenvalue weighted by Gasteiger charge is -2.20. The Morgan fingerprint density at radius 3 is 1.51 bits per heavy atom. The molecule has 0 bridgehead atoms. The first-order chi connectivity index (χ1) is 16.7. The number of aliphatic carboxylic acids is 1. The zero-order valence-corrected chi connectivity index (χ0v) is 22.0. The van der Waals surface area contributed by atoms with Crippen molar-refractivity contribution in [3.05, 3.63) is 24.6 Å². The van der Waals surface area contributed by atoms with Gasteiger partial charge in [0.15, 0.2) is 0 Å². The minimum absolute atomic E-state index is 0.0538. The molecule has 4 N–H and O–H groups in total. The highest BCUT2D eigenvalue weighted by Crippen LogP contribution is 2.15. The Labute approximate surface area is 212 Å².